The number of carbonyl (C=O) groups is 1. The standard InChI is InChI=1S/C20H35BN2O4/c1-18(2)19(3,4)27-21(26-18)16-5-10-22(11-6-16)17(24)23-12-7-20(15-23)8-13-25-14-9-20/h16H,5-15H2,1-4H3. The van der Waals surface area contributed by atoms with Crippen LogP contribution in [-0.2, 0) is 14.0 Å². The summed E-state index contributed by atoms with van der Waals surface area (Å²) in [7, 11) is -0.149. The zero-order valence-electron chi connectivity index (χ0n) is 17.5. The Morgan fingerprint density at radius 1 is 0.889 bits per heavy atom. The Kier molecular flexibility index (Phi) is 5.01. The number of ether oxygens (including phenoxy) is 1. The fraction of sp³-hybridized carbons (Fsp3) is 0.950. The van der Waals surface area contributed by atoms with Gasteiger partial charge in [0.25, 0.3) is 0 Å². The van der Waals surface area contributed by atoms with Crippen LogP contribution >= 0.6 is 0 Å². The summed E-state index contributed by atoms with van der Waals surface area (Å²) >= 11 is 0. The monoisotopic (exact) mass is 378 g/mol. The first-order chi connectivity index (χ1) is 12.7. The molecule has 2 amide bonds. The van der Waals surface area contributed by atoms with Gasteiger partial charge in [0.1, 0.15) is 0 Å². The van der Waals surface area contributed by atoms with Crippen LogP contribution in [0.4, 0.5) is 4.79 Å². The summed E-state index contributed by atoms with van der Waals surface area (Å²) in [5.41, 5.74) is -0.245. The van der Waals surface area contributed by atoms with E-state index in [4.69, 9.17) is 14.0 Å². The summed E-state index contributed by atoms with van der Waals surface area (Å²) in [5.74, 6) is 0.371. The van der Waals surface area contributed by atoms with Crippen molar-refractivity contribution in [3.63, 3.8) is 0 Å². The smallest absolute Gasteiger partial charge is 0.403 e. The average Bonchev–Trinajstić information content (AvgIpc) is 3.13. The lowest BCUT2D eigenvalue weighted by atomic mass is 9.67. The summed E-state index contributed by atoms with van der Waals surface area (Å²) in [6.07, 6.45) is 5.23. The van der Waals surface area contributed by atoms with Crippen molar-refractivity contribution in [1.82, 2.24) is 9.80 Å². The fourth-order valence-electron chi connectivity index (χ4n) is 4.95. The third kappa shape index (κ3) is 3.63. The molecule has 0 aliphatic carbocycles. The van der Waals surface area contributed by atoms with Gasteiger partial charge >= 0.3 is 13.1 Å². The lowest BCUT2D eigenvalue weighted by Crippen LogP contribution is -2.47. The van der Waals surface area contributed by atoms with Crippen LogP contribution in [0, 0.1) is 5.41 Å². The topological polar surface area (TPSA) is 51.2 Å². The predicted molar refractivity (Wildman–Crippen MR) is 105 cm³/mol. The molecule has 4 saturated heterocycles. The summed E-state index contributed by atoms with van der Waals surface area (Å²) < 4.78 is 18.0. The van der Waals surface area contributed by atoms with Crippen LogP contribution in [0.3, 0.4) is 0 Å². The largest absolute Gasteiger partial charge is 0.461 e. The molecule has 0 radical (unpaired) electrons. The quantitative estimate of drug-likeness (QED) is 0.658. The number of likely N-dealkylation sites (tertiary alicyclic amines) is 2. The molecular weight excluding hydrogens is 343 g/mol. The van der Waals surface area contributed by atoms with Crippen molar-refractivity contribution in [2.75, 3.05) is 39.4 Å². The Bertz CT molecular complexity index is 552. The second-order valence-electron chi connectivity index (χ2n) is 10.0. The predicted octanol–water partition coefficient (Wildman–Crippen LogP) is 3.17. The number of amides is 2. The number of hydrogen-bond acceptors (Lipinski definition) is 4. The minimum absolute atomic E-state index is 0.149. The zero-order chi connectivity index (χ0) is 19.3. The number of nitrogens with zero attached hydrogens (tertiary/aromatic N) is 2. The number of urea groups is 1. The molecular formula is C20H35BN2O4. The molecule has 0 aromatic rings. The van der Waals surface area contributed by atoms with E-state index >= 15 is 0 Å². The van der Waals surface area contributed by atoms with Crippen molar-refractivity contribution in [3.8, 4) is 0 Å². The first kappa shape index (κ1) is 19.5. The van der Waals surface area contributed by atoms with Gasteiger partial charge in [-0.2, -0.15) is 0 Å². The third-order valence-corrected chi connectivity index (χ3v) is 7.73. The highest BCUT2D eigenvalue weighted by Gasteiger charge is 2.54. The van der Waals surface area contributed by atoms with Crippen LogP contribution in [0.15, 0.2) is 0 Å². The maximum absolute atomic E-state index is 13.0. The van der Waals surface area contributed by atoms with Gasteiger partial charge in [-0.05, 0) is 71.0 Å². The SMILES string of the molecule is CC1(C)OB(C2CCN(C(=O)N3CCC4(CCOCC4)C3)CC2)OC1(C)C. The first-order valence-corrected chi connectivity index (χ1v) is 10.7. The van der Waals surface area contributed by atoms with Gasteiger partial charge in [0.15, 0.2) is 0 Å². The third-order valence-electron chi connectivity index (χ3n) is 7.73. The fourth-order valence-corrected chi connectivity index (χ4v) is 4.95. The molecule has 0 aromatic carbocycles. The van der Waals surface area contributed by atoms with Gasteiger partial charge in [-0.25, -0.2) is 4.79 Å². The highest BCUT2D eigenvalue weighted by atomic mass is 16.7. The summed E-state index contributed by atoms with van der Waals surface area (Å²) in [6, 6.07) is 0.228. The molecule has 1 spiro atoms. The van der Waals surface area contributed by atoms with E-state index in [1.165, 1.54) is 0 Å². The minimum atomic E-state index is -0.280. The highest BCUT2D eigenvalue weighted by molar-refractivity contribution is 6.47. The Morgan fingerprint density at radius 2 is 1.48 bits per heavy atom. The Hall–Kier alpha value is -0.785. The Balaban J connectivity index is 1.29. The summed E-state index contributed by atoms with van der Waals surface area (Å²) in [5, 5.41) is 0. The molecule has 0 saturated carbocycles. The lowest BCUT2D eigenvalue weighted by molar-refractivity contribution is 0.00578. The van der Waals surface area contributed by atoms with Crippen molar-refractivity contribution < 1.29 is 18.8 Å². The van der Waals surface area contributed by atoms with Gasteiger partial charge in [0, 0.05) is 39.4 Å². The molecule has 4 rings (SSSR count). The number of hydrogen-bond donors (Lipinski definition) is 0. The van der Waals surface area contributed by atoms with E-state index < -0.39 is 0 Å². The van der Waals surface area contributed by atoms with E-state index in [0.717, 1.165) is 71.5 Å². The van der Waals surface area contributed by atoms with Crippen LogP contribution in [-0.4, -0.2) is 73.5 Å². The second kappa shape index (κ2) is 6.92. The van der Waals surface area contributed by atoms with Crippen molar-refractivity contribution in [3.05, 3.63) is 0 Å². The number of piperidine rings is 1. The van der Waals surface area contributed by atoms with Gasteiger partial charge in [-0.15, -0.1) is 0 Å². The van der Waals surface area contributed by atoms with Crippen LogP contribution < -0.4 is 0 Å². The normalized spacial score (nSPS) is 30.3. The molecule has 152 valence electrons. The molecule has 6 nitrogen and oxygen atoms in total. The van der Waals surface area contributed by atoms with E-state index in [2.05, 4.69) is 32.6 Å². The van der Waals surface area contributed by atoms with Crippen molar-refractivity contribution >= 4 is 13.1 Å². The molecule has 0 bridgehead atoms. The second-order valence-corrected chi connectivity index (χ2v) is 10.0. The van der Waals surface area contributed by atoms with Crippen molar-refractivity contribution in [2.45, 2.75) is 76.8 Å². The highest BCUT2D eigenvalue weighted by Crippen LogP contribution is 2.43. The Labute approximate surface area is 164 Å². The molecule has 0 unspecified atom stereocenters. The lowest BCUT2D eigenvalue weighted by Gasteiger charge is -2.37. The number of carbonyl (C=O) groups excluding carboxylic acids is 1. The number of rotatable bonds is 1. The van der Waals surface area contributed by atoms with E-state index in [1.54, 1.807) is 0 Å². The maximum Gasteiger partial charge on any atom is 0.461 e. The molecule has 4 fully saturated rings. The van der Waals surface area contributed by atoms with Gasteiger partial charge in [-0.3, -0.25) is 0 Å². The van der Waals surface area contributed by atoms with E-state index in [1.807, 2.05) is 4.90 Å². The van der Waals surface area contributed by atoms with E-state index in [-0.39, 0.29) is 24.4 Å². The molecule has 4 aliphatic rings. The minimum Gasteiger partial charge on any atom is -0.403 e. The molecule has 4 aliphatic heterocycles. The Morgan fingerprint density at radius 3 is 2.07 bits per heavy atom. The van der Waals surface area contributed by atoms with Gasteiger partial charge < -0.3 is 23.8 Å². The molecule has 0 aromatic heterocycles. The van der Waals surface area contributed by atoms with Crippen LogP contribution in [0.25, 0.3) is 0 Å². The van der Waals surface area contributed by atoms with Crippen LogP contribution in [0.5, 0.6) is 0 Å². The van der Waals surface area contributed by atoms with E-state index in [0.29, 0.717) is 11.2 Å². The van der Waals surface area contributed by atoms with Crippen LogP contribution in [0.2, 0.25) is 5.82 Å². The zero-order valence-corrected chi connectivity index (χ0v) is 17.5. The molecule has 7 heteroatoms. The van der Waals surface area contributed by atoms with Gasteiger partial charge in [-0.1, -0.05) is 0 Å². The van der Waals surface area contributed by atoms with Crippen molar-refractivity contribution in [1.29, 1.82) is 0 Å². The van der Waals surface area contributed by atoms with Gasteiger partial charge in [0.2, 0.25) is 0 Å². The molecule has 0 atom stereocenters. The average molecular weight is 378 g/mol. The van der Waals surface area contributed by atoms with Gasteiger partial charge in [0.05, 0.1) is 11.2 Å². The van der Waals surface area contributed by atoms with E-state index in [9.17, 15) is 4.79 Å². The first-order valence-electron chi connectivity index (χ1n) is 10.7. The maximum atomic E-state index is 13.0. The summed E-state index contributed by atoms with van der Waals surface area (Å²) in [4.78, 5) is 17.1. The molecule has 27 heavy (non-hydrogen) atoms. The molecule has 4 heterocycles. The van der Waals surface area contributed by atoms with Crippen LogP contribution in [0.1, 0.15) is 59.8 Å². The van der Waals surface area contributed by atoms with Crippen molar-refractivity contribution in [2.24, 2.45) is 5.41 Å². The summed E-state index contributed by atoms with van der Waals surface area (Å²) in [6.45, 7) is 13.5. The molecule has 0 N–H and O–H groups in total.